The summed E-state index contributed by atoms with van der Waals surface area (Å²) in [4.78, 5) is 12.3. The number of para-hydroxylation sites is 1. The molecule has 2 rings (SSSR count). The molecule has 2 amide bonds. The number of hydrogen-bond donors (Lipinski definition) is 3. The number of anilines is 1. The molecule has 0 fully saturated rings. The summed E-state index contributed by atoms with van der Waals surface area (Å²) in [6.07, 6.45) is 1.25. The zero-order chi connectivity index (χ0) is 18.3. The minimum absolute atomic E-state index is 0.0356. The van der Waals surface area contributed by atoms with Gasteiger partial charge < -0.3 is 20.5 Å². The molecular formula is C20H26N2O3. The zero-order valence-corrected chi connectivity index (χ0v) is 15.0. The Balaban J connectivity index is 2.15. The van der Waals surface area contributed by atoms with Gasteiger partial charge in [-0.25, -0.2) is 4.79 Å². The summed E-state index contributed by atoms with van der Waals surface area (Å²) in [7, 11) is 1.64. The number of nitrogens with one attached hydrogen (secondary N) is 2. The van der Waals surface area contributed by atoms with Crippen LogP contribution in [0.2, 0.25) is 0 Å². The maximum atomic E-state index is 12.3. The number of carbonyl (C=O) groups excluding carboxylic acids is 1. The van der Waals surface area contributed by atoms with Gasteiger partial charge in [0.2, 0.25) is 0 Å². The molecular weight excluding hydrogens is 316 g/mol. The van der Waals surface area contributed by atoms with E-state index in [4.69, 9.17) is 9.84 Å². The summed E-state index contributed by atoms with van der Waals surface area (Å²) in [5, 5.41) is 15.0. The first kappa shape index (κ1) is 18.8. The van der Waals surface area contributed by atoms with E-state index in [2.05, 4.69) is 10.6 Å². The smallest absolute Gasteiger partial charge is 0.319 e. The lowest BCUT2D eigenvalue weighted by atomic mass is 9.95. The number of aliphatic hydroxyl groups excluding tert-OH is 1. The molecule has 5 nitrogen and oxygen atoms in total. The first-order chi connectivity index (χ1) is 12.0. The Hall–Kier alpha value is -2.53. The Morgan fingerprint density at radius 3 is 2.64 bits per heavy atom. The predicted molar refractivity (Wildman–Crippen MR) is 101 cm³/mol. The molecule has 2 aromatic carbocycles. The number of amides is 2. The molecule has 0 saturated heterocycles. The maximum Gasteiger partial charge on any atom is 0.319 e. The van der Waals surface area contributed by atoms with E-state index >= 15 is 0 Å². The highest BCUT2D eigenvalue weighted by molar-refractivity contribution is 5.90. The van der Waals surface area contributed by atoms with Crippen LogP contribution in [0.1, 0.15) is 26.7 Å². The van der Waals surface area contributed by atoms with Crippen molar-refractivity contribution >= 4 is 11.7 Å². The Bertz CT molecular complexity index is 718. The molecule has 0 aliphatic carbocycles. The third-order valence-corrected chi connectivity index (χ3v) is 4.40. The van der Waals surface area contributed by atoms with Gasteiger partial charge in [-0.15, -0.1) is 0 Å². The number of carbonyl (C=O) groups is 1. The highest BCUT2D eigenvalue weighted by Gasteiger charge is 2.23. The first-order valence-electron chi connectivity index (χ1n) is 8.45. The van der Waals surface area contributed by atoms with Gasteiger partial charge in [-0.1, -0.05) is 37.3 Å². The van der Waals surface area contributed by atoms with Crippen LogP contribution in [0.25, 0.3) is 11.1 Å². The Morgan fingerprint density at radius 2 is 1.96 bits per heavy atom. The standard InChI is InChI=1S/C20H26N2O3/c1-4-20(2,12-13-23)22-19(24)21-16-9-7-8-15(14-16)17-10-5-6-11-18(17)25-3/h5-11,14,23H,4,12-13H2,1-3H3,(H2,21,22,24). The van der Waals surface area contributed by atoms with Crippen LogP contribution in [0.5, 0.6) is 5.75 Å². The van der Waals surface area contributed by atoms with Gasteiger partial charge in [0, 0.05) is 23.4 Å². The van der Waals surface area contributed by atoms with Gasteiger partial charge in [0.15, 0.2) is 0 Å². The van der Waals surface area contributed by atoms with Crippen LogP contribution < -0.4 is 15.4 Å². The average Bonchev–Trinajstić information content (AvgIpc) is 2.62. The molecule has 0 bridgehead atoms. The number of hydrogen-bond acceptors (Lipinski definition) is 3. The van der Waals surface area contributed by atoms with Gasteiger partial charge in [0.25, 0.3) is 0 Å². The molecule has 3 N–H and O–H groups in total. The lowest BCUT2D eigenvalue weighted by Gasteiger charge is -2.29. The Morgan fingerprint density at radius 1 is 1.20 bits per heavy atom. The molecule has 0 saturated carbocycles. The van der Waals surface area contributed by atoms with Crippen LogP contribution in [0.3, 0.4) is 0 Å². The van der Waals surface area contributed by atoms with Gasteiger partial charge in [0.05, 0.1) is 7.11 Å². The normalized spacial score (nSPS) is 13.0. The Labute approximate surface area is 149 Å². The molecule has 0 aromatic heterocycles. The summed E-state index contributed by atoms with van der Waals surface area (Å²) in [6.45, 7) is 3.94. The Kier molecular flexibility index (Phi) is 6.42. The number of rotatable bonds is 7. The van der Waals surface area contributed by atoms with Crippen LogP contribution in [0.15, 0.2) is 48.5 Å². The fourth-order valence-electron chi connectivity index (χ4n) is 2.66. The lowest BCUT2D eigenvalue weighted by molar-refractivity contribution is 0.208. The van der Waals surface area contributed by atoms with Crippen molar-refractivity contribution in [1.82, 2.24) is 5.32 Å². The molecule has 2 aromatic rings. The summed E-state index contributed by atoms with van der Waals surface area (Å²) in [5.74, 6) is 0.783. The SMILES string of the molecule is CCC(C)(CCO)NC(=O)Nc1cccc(-c2ccccc2OC)c1. The van der Waals surface area contributed by atoms with E-state index in [-0.39, 0.29) is 12.6 Å². The molecule has 0 aliphatic rings. The molecule has 134 valence electrons. The number of aliphatic hydroxyl groups is 1. The van der Waals surface area contributed by atoms with Crippen molar-refractivity contribution in [2.45, 2.75) is 32.2 Å². The maximum absolute atomic E-state index is 12.3. The third kappa shape index (κ3) is 4.97. The topological polar surface area (TPSA) is 70.6 Å². The van der Waals surface area contributed by atoms with E-state index in [1.165, 1.54) is 0 Å². The monoisotopic (exact) mass is 342 g/mol. The third-order valence-electron chi connectivity index (χ3n) is 4.40. The van der Waals surface area contributed by atoms with E-state index in [1.807, 2.05) is 62.4 Å². The highest BCUT2D eigenvalue weighted by Crippen LogP contribution is 2.31. The fourth-order valence-corrected chi connectivity index (χ4v) is 2.66. The molecule has 0 heterocycles. The van der Waals surface area contributed by atoms with Crippen LogP contribution in [0, 0.1) is 0 Å². The van der Waals surface area contributed by atoms with Crippen molar-refractivity contribution in [3.63, 3.8) is 0 Å². The van der Waals surface area contributed by atoms with Crippen molar-refractivity contribution in [2.75, 3.05) is 19.0 Å². The molecule has 25 heavy (non-hydrogen) atoms. The van der Waals surface area contributed by atoms with Crippen molar-refractivity contribution in [2.24, 2.45) is 0 Å². The van der Waals surface area contributed by atoms with Crippen LogP contribution >= 0.6 is 0 Å². The second-order valence-corrected chi connectivity index (χ2v) is 6.25. The molecule has 5 heteroatoms. The predicted octanol–water partition coefficient (Wildman–Crippen LogP) is 4.03. The summed E-state index contributed by atoms with van der Waals surface area (Å²) in [6, 6.07) is 15.1. The molecule has 0 spiro atoms. The largest absolute Gasteiger partial charge is 0.496 e. The molecule has 0 aliphatic heterocycles. The highest BCUT2D eigenvalue weighted by atomic mass is 16.5. The van der Waals surface area contributed by atoms with Gasteiger partial charge in [-0.05, 0) is 43.5 Å². The van der Waals surface area contributed by atoms with Crippen LogP contribution in [-0.2, 0) is 0 Å². The molecule has 0 radical (unpaired) electrons. The lowest BCUT2D eigenvalue weighted by Crippen LogP contribution is -2.48. The van der Waals surface area contributed by atoms with Gasteiger partial charge >= 0.3 is 6.03 Å². The van der Waals surface area contributed by atoms with E-state index in [1.54, 1.807) is 7.11 Å². The van der Waals surface area contributed by atoms with Crippen LogP contribution in [0.4, 0.5) is 10.5 Å². The van der Waals surface area contributed by atoms with Crippen molar-refractivity contribution in [3.8, 4) is 16.9 Å². The van der Waals surface area contributed by atoms with Gasteiger partial charge in [-0.2, -0.15) is 0 Å². The van der Waals surface area contributed by atoms with E-state index < -0.39 is 5.54 Å². The number of benzene rings is 2. The van der Waals surface area contributed by atoms with E-state index in [0.717, 1.165) is 23.3 Å². The second kappa shape index (κ2) is 8.53. The molecule has 1 unspecified atom stereocenters. The zero-order valence-electron chi connectivity index (χ0n) is 15.0. The molecule has 1 atom stereocenters. The minimum atomic E-state index is -0.431. The quantitative estimate of drug-likeness (QED) is 0.711. The van der Waals surface area contributed by atoms with Crippen LogP contribution in [-0.4, -0.2) is 30.4 Å². The van der Waals surface area contributed by atoms with Crippen molar-refractivity contribution < 1.29 is 14.6 Å². The number of urea groups is 1. The summed E-state index contributed by atoms with van der Waals surface area (Å²) < 4.78 is 5.40. The number of methoxy groups -OCH3 is 1. The average molecular weight is 342 g/mol. The van der Waals surface area contributed by atoms with Crippen molar-refractivity contribution in [1.29, 1.82) is 0 Å². The van der Waals surface area contributed by atoms with Crippen molar-refractivity contribution in [3.05, 3.63) is 48.5 Å². The summed E-state index contributed by atoms with van der Waals surface area (Å²) in [5.41, 5.74) is 2.19. The van der Waals surface area contributed by atoms with Gasteiger partial charge in [-0.3, -0.25) is 0 Å². The minimum Gasteiger partial charge on any atom is -0.496 e. The van der Waals surface area contributed by atoms with Gasteiger partial charge in [0.1, 0.15) is 5.75 Å². The van der Waals surface area contributed by atoms with E-state index in [0.29, 0.717) is 12.1 Å². The first-order valence-corrected chi connectivity index (χ1v) is 8.45. The fraction of sp³-hybridized carbons (Fsp3) is 0.350. The van der Waals surface area contributed by atoms with E-state index in [9.17, 15) is 4.79 Å². The summed E-state index contributed by atoms with van der Waals surface area (Å²) >= 11 is 0. The number of ether oxygens (including phenoxy) is 1. The second-order valence-electron chi connectivity index (χ2n) is 6.25.